The molecular weight excluding hydrogens is 236 g/mol. The normalized spacial score (nSPS) is 23.4. The predicted octanol–water partition coefficient (Wildman–Crippen LogP) is 2.15. The fraction of sp³-hybridized carbons (Fsp3) is 0.400. The van der Waals surface area contributed by atoms with Crippen molar-refractivity contribution in [3.8, 4) is 0 Å². The lowest BCUT2D eigenvalue weighted by molar-refractivity contribution is 0.340. The second-order valence-corrected chi connectivity index (χ2v) is 5.01. The highest BCUT2D eigenvalue weighted by Gasteiger charge is 2.20. The van der Waals surface area contributed by atoms with Gasteiger partial charge in [0.2, 0.25) is 0 Å². The molecule has 2 aliphatic heterocycles. The Bertz CT molecular complexity index is 474. The molecule has 0 saturated carbocycles. The van der Waals surface area contributed by atoms with E-state index in [-0.39, 0.29) is 6.29 Å². The minimum Gasteiger partial charge on any atom is -0.357 e. The van der Waals surface area contributed by atoms with Crippen molar-refractivity contribution in [3.63, 3.8) is 0 Å². The van der Waals surface area contributed by atoms with Crippen molar-refractivity contribution in [2.75, 3.05) is 18.0 Å². The van der Waals surface area contributed by atoms with E-state index in [1.54, 1.807) is 0 Å². The van der Waals surface area contributed by atoms with Gasteiger partial charge in [0.25, 0.3) is 0 Å². The Labute approximate surface area is 114 Å². The highest BCUT2D eigenvalue weighted by atomic mass is 15.3. The average molecular weight is 256 g/mol. The van der Waals surface area contributed by atoms with E-state index in [4.69, 9.17) is 5.73 Å². The maximum Gasteiger partial charge on any atom is 0.179 e. The highest BCUT2D eigenvalue weighted by molar-refractivity contribution is 5.94. The number of benzene rings is 1. The maximum atomic E-state index is 6.17. The fourth-order valence-corrected chi connectivity index (χ4v) is 2.62. The van der Waals surface area contributed by atoms with Crippen LogP contribution in [0.3, 0.4) is 0 Å². The number of hydrogen-bond acceptors (Lipinski definition) is 4. The van der Waals surface area contributed by atoms with E-state index >= 15 is 0 Å². The van der Waals surface area contributed by atoms with Gasteiger partial charge in [0.05, 0.1) is 0 Å². The van der Waals surface area contributed by atoms with Gasteiger partial charge in [-0.1, -0.05) is 18.2 Å². The molecule has 0 spiro atoms. The van der Waals surface area contributed by atoms with Crippen molar-refractivity contribution in [1.82, 2.24) is 4.90 Å². The van der Waals surface area contributed by atoms with Gasteiger partial charge in [-0.25, -0.2) is 4.99 Å². The van der Waals surface area contributed by atoms with E-state index in [1.165, 1.54) is 19.3 Å². The van der Waals surface area contributed by atoms with Crippen molar-refractivity contribution in [3.05, 3.63) is 42.6 Å². The minimum atomic E-state index is -0.329. The molecule has 1 atom stereocenters. The molecule has 2 aliphatic rings. The monoisotopic (exact) mass is 256 g/mol. The van der Waals surface area contributed by atoms with Gasteiger partial charge in [-0.3, -0.25) is 5.73 Å². The molecule has 100 valence electrons. The number of anilines is 1. The first-order chi connectivity index (χ1) is 9.34. The summed E-state index contributed by atoms with van der Waals surface area (Å²) < 4.78 is 0. The van der Waals surface area contributed by atoms with E-state index in [1.807, 2.05) is 41.4 Å². The molecule has 0 radical (unpaired) electrons. The third-order valence-electron chi connectivity index (χ3n) is 3.67. The Balaban J connectivity index is 1.75. The molecule has 4 nitrogen and oxygen atoms in total. The van der Waals surface area contributed by atoms with Crippen LogP contribution in [0.5, 0.6) is 0 Å². The summed E-state index contributed by atoms with van der Waals surface area (Å²) in [5.41, 5.74) is 7.25. The maximum absolute atomic E-state index is 6.17. The van der Waals surface area contributed by atoms with Crippen LogP contribution in [0, 0.1) is 0 Å². The van der Waals surface area contributed by atoms with Crippen LogP contribution in [0.15, 0.2) is 47.6 Å². The summed E-state index contributed by atoms with van der Waals surface area (Å²) in [5.74, 6) is 1.03. The third kappa shape index (κ3) is 2.63. The number of hydrogen-bond donors (Lipinski definition) is 1. The summed E-state index contributed by atoms with van der Waals surface area (Å²) in [5, 5.41) is 0. The summed E-state index contributed by atoms with van der Waals surface area (Å²) in [4.78, 5) is 8.95. The smallest absolute Gasteiger partial charge is 0.179 e. The lowest BCUT2D eigenvalue weighted by Crippen LogP contribution is -2.44. The summed E-state index contributed by atoms with van der Waals surface area (Å²) >= 11 is 0. The molecule has 19 heavy (non-hydrogen) atoms. The average Bonchev–Trinajstić information content (AvgIpc) is 2.49. The molecule has 4 heteroatoms. The molecule has 0 amide bonds. The second kappa shape index (κ2) is 5.45. The van der Waals surface area contributed by atoms with Crippen LogP contribution in [0.25, 0.3) is 0 Å². The Morgan fingerprint density at radius 3 is 2.47 bits per heavy atom. The van der Waals surface area contributed by atoms with Crippen molar-refractivity contribution >= 4 is 11.5 Å². The zero-order valence-corrected chi connectivity index (χ0v) is 11.1. The second-order valence-electron chi connectivity index (χ2n) is 5.01. The largest absolute Gasteiger partial charge is 0.357 e. The minimum absolute atomic E-state index is 0.329. The van der Waals surface area contributed by atoms with Crippen LogP contribution in [0.1, 0.15) is 19.3 Å². The van der Waals surface area contributed by atoms with Crippen LogP contribution in [-0.4, -0.2) is 30.1 Å². The van der Waals surface area contributed by atoms with E-state index in [0.29, 0.717) is 0 Å². The van der Waals surface area contributed by atoms with Gasteiger partial charge in [0.15, 0.2) is 6.29 Å². The SMILES string of the molecule is NC1N=C(N2CCCCC2)C=CN1c1ccccc1. The number of nitrogens with two attached hydrogens (primary N) is 1. The number of para-hydroxylation sites is 1. The van der Waals surface area contributed by atoms with Gasteiger partial charge >= 0.3 is 0 Å². The Kier molecular flexibility index (Phi) is 3.51. The Hall–Kier alpha value is -1.81. The fourth-order valence-electron chi connectivity index (χ4n) is 2.62. The van der Waals surface area contributed by atoms with Crippen LogP contribution in [-0.2, 0) is 0 Å². The first kappa shape index (κ1) is 12.2. The topological polar surface area (TPSA) is 44.9 Å². The molecule has 2 heterocycles. The van der Waals surface area contributed by atoms with Gasteiger partial charge in [0, 0.05) is 25.0 Å². The first-order valence-electron chi connectivity index (χ1n) is 6.94. The Morgan fingerprint density at radius 2 is 1.79 bits per heavy atom. The van der Waals surface area contributed by atoms with Crippen LogP contribution < -0.4 is 10.6 Å². The summed E-state index contributed by atoms with van der Waals surface area (Å²) in [7, 11) is 0. The zero-order valence-electron chi connectivity index (χ0n) is 11.1. The van der Waals surface area contributed by atoms with Crippen molar-refractivity contribution in [2.24, 2.45) is 10.7 Å². The molecule has 1 fully saturated rings. The lowest BCUT2D eigenvalue weighted by Gasteiger charge is -2.34. The number of likely N-dealkylation sites (tertiary alicyclic amines) is 1. The molecule has 0 bridgehead atoms. The molecule has 0 aliphatic carbocycles. The van der Waals surface area contributed by atoms with Gasteiger partial charge in [-0.05, 0) is 37.5 Å². The lowest BCUT2D eigenvalue weighted by atomic mass is 10.1. The van der Waals surface area contributed by atoms with Gasteiger partial charge in [-0.15, -0.1) is 0 Å². The number of amidine groups is 1. The van der Waals surface area contributed by atoms with Crippen molar-refractivity contribution in [2.45, 2.75) is 25.6 Å². The molecule has 3 rings (SSSR count). The molecule has 2 N–H and O–H groups in total. The van der Waals surface area contributed by atoms with Crippen LogP contribution >= 0.6 is 0 Å². The summed E-state index contributed by atoms with van der Waals surface area (Å²) in [6.07, 6.45) is 7.62. The summed E-state index contributed by atoms with van der Waals surface area (Å²) in [6.45, 7) is 2.20. The first-order valence-corrected chi connectivity index (χ1v) is 6.94. The van der Waals surface area contributed by atoms with Crippen LogP contribution in [0.2, 0.25) is 0 Å². The van der Waals surface area contributed by atoms with E-state index in [0.717, 1.165) is 24.6 Å². The zero-order chi connectivity index (χ0) is 13.1. The quantitative estimate of drug-likeness (QED) is 0.837. The van der Waals surface area contributed by atoms with E-state index < -0.39 is 0 Å². The van der Waals surface area contributed by atoms with Crippen molar-refractivity contribution in [1.29, 1.82) is 0 Å². The number of piperidine rings is 1. The third-order valence-corrected chi connectivity index (χ3v) is 3.67. The van der Waals surface area contributed by atoms with Gasteiger partial charge < -0.3 is 9.80 Å². The standard InChI is InChI=1S/C15H20N4/c16-15-17-14(18-10-5-2-6-11-18)9-12-19(15)13-7-3-1-4-8-13/h1,3-4,7-9,12,15H,2,5-6,10-11,16H2. The van der Waals surface area contributed by atoms with Gasteiger partial charge in [-0.2, -0.15) is 0 Å². The predicted molar refractivity (Wildman–Crippen MR) is 78.9 cm³/mol. The molecule has 1 unspecified atom stereocenters. The molecule has 0 aromatic heterocycles. The Morgan fingerprint density at radius 1 is 1.05 bits per heavy atom. The molecule has 1 aromatic rings. The highest BCUT2D eigenvalue weighted by Crippen LogP contribution is 2.20. The van der Waals surface area contributed by atoms with E-state index in [9.17, 15) is 0 Å². The summed E-state index contributed by atoms with van der Waals surface area (Å²) in [6, 6.07) is 10.1. The molecular formula is C15H20N4. The molecule has 1 aromatic carbocycles. The van der Waals surface area contributed by atoms with Crippen LogP contribution in [0.4, 0.5) is 5.69 Å². The van der Waals surface area contributed by atoms with Crippen molar-refractivity contribution < 1.29 is 0 Å². The van der Waals surface area contributed by atoms with Gasteiger partial charge in [0.1, 0.15) is 5.84 Å². The number of aliphatic imine (C=N–C) groups is 1. The number of nitrogens with zero attached hydrogens (tertiary/aromatic N) is 3. The van der Waals surface area contributed by atoms with E-state index in [2.05, 4.69) is 16.0 Å². The molecule has 1 saturated heterocycles. The number of rotatable bonds is 1.